The van der Waals surface area contributed by atoms with Gasteiger partial charge in [0.05, 0.1) is 6.33 Å². The molecule has 0 aliphatic carbocycles. The van der Waals surface area contributed by atoms with Gasteiger partial charge in [0.2, 0.25) is 0 Å². The van der Waals surface area contributed by atoms with E-state index in [1.165, 1.54) is 0 Å². The van der Waals surface area contributed by atoms with E-state index in [2.05, 4.69) is 5.18 Å². The Kier molecular flexibility index (Phi) is 3.75. The zero-order valence-corrected chi connectivity index (χ0v) is 3.10. The number of hydrogen-bond acceptors (Lipinski definition) is 2. The molecular weight excluding hydrogens is 85.0 g/mol. The molecule has 0 atom stereocenters. The largest absolute Gasteiger partial charge is 0.216 e. The van der Waals surface area contributed by atoms with Crippen LogP contribution in [0.3, 0.4) is 0 Å². The second-order valence-electron chi connectivity index (χ2n) is 0.673. The molecule has 0 radical (unpaired) electrons. The zero-order chi connectivity index (χ0) is 4.83. The fourth-order valence-electron chi connectivity index (χ4n) is 0.0829. The number of nitrogens with zero attached hydrogens (tertiary/aromatic N) is 1. The molecule has 0 unspecified atom stereocenters. The number of nitroso groups, excluding NO2 is 1. The summed E-state index contributed by atoms with van der Waals surface area (Å²) in [4.78, 5) is 9.10. The molecule has 6 heavy (non-hydrogen) atoms. The van der Waals surface area contributed by atoms with Crippen molar-refractivity contribution >= 4 is 0 Å². The molecule has 0 aromatic carbocycles. The molecule has 0 aliphatic rings. The molecule has 2 nitrogen and oxygen atoms in total. The van der Waals surface area contributed by atoms with Gasteiger partial charge in [0, 0.05) is 0 Å². The fourth-order valence-corrected chi connectivity index (χ4v) is 0.0829. The summed E-state index contributed by atoms with van der Waals surface area (Å²) in [5.74, 6) is 0. The predicted octanol–water partition coefficient (Wildman–Crippen LogP) is 1.24. The lowest BCUT2D eigenvalue weighted by Crippen LogP contribution is -1.61. The second kappa shape index (κ2) is 4.27. The first-order valence-electron chi connectivity index (χ1n) is 1.46. The highest BCUT2D eigenvalue weighted by Crippen LogP contribution is 1.71. The van der Waals surface area contributed by atoms with Crippen LogP contribution in [-0.4, -0.2) is 6.54 Å². The van der Waals surface area contributed by atoms with Crippen LogP contribution >= 0.6 is 0 Å². The van der Waals surface area contributed by atoms with Gasteiger partial charge in [-0.1, -0.05) is 5.18 Å². The minimum Gasteiger partial charge on any atom is -0.216 e. The van der Waals surface area contributed by atoms with Crippen LogP contribution in [0, 0.1) is 4.91 Å². The highest BCUT2D eigenvalue weighted by atomic mass is 19.1. The molecule has 0 rings (SSSR count). The second-order valence-corrected chi connectivity index (χ2v) is 0.673. The summed E-state index contributed by atoms with van der Waals surface area (Å²) >= 11 is 0. The molecule has 0 aromatic heterocycles. The summed E-state index contributed by atoms with van der Waals surface area (Å²) in [6.45, 7) is -0.0729. The van der Waals surface area contributed by atoms with E-state index in [0.717, 1.165) is 6.08 Å². The standard InChI is InChI=1S/C3H4FNO/c4-2-1-3-5-6/h1-2H,3H2. The minimum absolute atomic E-state index is 0.0729. The van der Waals surface area contributed by atoms with E-state index in [1.807, 2.05) is 0 Å². The predicted molar refractivity (Wildman–Crippen MR) is 20.9 cm³/mol. The van der Waals surface area contributed by atoms with Crippen LogP contribution in [0.2, 0.25) is 0 Å². The van der Waals surface area contributed by atoms with Crippen LogP contribution < -0.4 is 0 Å². The third-order valence-electron chi connectivity index (χ3n) is 0.269. The van der Waals surface area contributed by atoms with Crippen LogP contribution in [0.25, 0.3) is 0 Å². The van der Waals surface area contributed by atoms with Crippen molar-refractivity contribution < 1.29 is 4.39 Å². The van der Waals surface area contributed by atoms with Crippen molar-refractivity contribution in [3.8, 4) is 0 Å². The van der Waals surface area contributed by atoms with Crippen LogP contribution in [0.1, 0.15) is 0 Å². The monoisotopic (exact) mass is 89.0 g/mol. The molecule has 0 fully saturated rings. The van der Waals surface area contributed by atoms with E-state index in [0.29, 0.717) is 6.33 Å². The molecule has 0 saturated heterocycles. The quantitative estimate of drug-likeness (QED) is 0.468. The third-order valence-corrected chi connectivity index (χ3v) is 0.269. The van der Waals surface area contributed by atoms with Gasteiger partial charge >= 0.3 is 0 Å². The van der Waals surface area contributed by atoms with Crippen LogP contribution in [0.15, 0.2) is 17.6 Å². The van der Waals surface area contributed by atoms with Crippen molar-refractivity contribution in [2.45, 2.75) is 0 Å². The molecule has 0 N–H and O–H groups in total. The van der Waals surface area contributed by atoms with E-state index in [9.17, 15) is 4.39 Å². The topological polar surface area (TPSA) is 29.4 Å². The summed E-state index contributed by atoms with van der Waals surface area (Å²) < 4.78 is 10.8. The lowest BCUT2D eigenvalue weighted by atomic mass is 10.7. The maximum Gasteiger partial charge on any atom is 0.102 e. The van der Waals surface area contributed by atoms with Gasteiger partial charge in [-0.25, -0.2) is 4.39 Å². The number of halogens is 1. The average molecular weight is 89.1 g/mol. The van der Waals surface area contributed by atoms with Gasteiger partial charge in [-0.05, 0) is 6.08 Å². The van der Waals surface area contributed by atoms with E-state index >= 15 is 0 Å². The van der Waals surface area contributed by atoms with Crippen molar-refractivity contribution in [3.63, 3.8) is 0 Å². The smallest absolute Gasteiger partial charge is 0.102 e. The summed E-state index contributed by atoms with van der Waals surface area (Å²) in [7, 11) is 0. The van der Waals surface area contributed by atoms with Crippen molar-refractivity contribution in [3.05, 3.63) is 17.3 Å². The molecule has 0 bridgehead atoms. The first kappa shape index (κ1) is 5.27. The first-order valence-corrected chi connectivity index (χ1v) is 1.46. The molecule has 34 valence electrons. The zero-order valence-electron chi connectivity index (χ0n) is 3.10. The van der Waals surface area contributed by atoms with E-state index < -0.39 is 0 Å². The summed E-state index contributed by atoms with van der Waals surface area (Å²) in [5, 5.41) is 2.35. The average Bonchev–Trinajstić information content (AvgIpc) is 1.61. The van der Waals surface area contributed by atoms with Gasteiger partial charge in [0.1, 0.15) is 6.54 Å². The molecule has 0 aromatic rings. The highest BCUT2D eigenvalue weighted by Gasteiger charge is 1.65. The molecule has 0 amide bonds. The van der Waals surface area contributed by atoms with Gasteiger partial charge in [0.15, 0.2) is 0 Å². The maximum absolute atomic E-state index is 10.8. The Labute approximate surface area is 34.6 Å². The van der Waals surface area contributed by atoms with Crippen LogP contribution in [0.5, 0.6) is 0 Å². The first-order chi connectivity index (χ1) is 2.91. The Hall–Kier alpha value is -0.730. The van der Waals surface area contributed by atoms with Crippen molar-refractivity contribution in [2.24, 2.45) is 5.18 Å². The lowest BCUT2D eigenvalue weighted by Gasteiger charge is -1.63. The molecule has 0 saturated carbocycles. The molecule has 0 heterocycles. The van der Waals surface area contributed by atoms with Crippen LogP contribution in [-0.2, 0) is 0 Å². The van der Waals surface area contributed by atoms with E-state index in [1.54, 1.807) is 0 Å². The summed E-state index contributed by atoms with van der Waals surface area (Å²) in [6.07, 6.45) is 1.33. The SMILES string of the molecule is O=NCC=CF. The van der Waals surface area contributed by atoms with Crippen molar-refractivity contribution in [2.75, 3.05) is 6.54 Å². The minimum atomic E-state index is -0.0729. The third kappa shape index (κ3) is 3.27. The summed E-state index contributed by atoms with van der Waals surface area (Å²) in [5.41, 5.74) is 0. The highest BCUT2D eigenvalue weighted by molar-refractivity contribution is 4.73. The van der Waals surface area contributed by atoms with E-state index in [-0.39, 0.29) is 6.54 Å². The maximum atomic E-state index is 10.8. The summed E-state index contributed by atoms with van der Waals surface area (Å²) in [6, 6.07) is 0. The Morgan fingerprint density at radius 2 is 2.50 bits per heavy atom. The van der Waals surface area contributed by atoms with Crippen LogP contribution in [0.4, 0.5) is 4.39 Å². The van der Waals surface area contributed by atoms with Gasteiger partial charge in [-0.15, -0.1) is 0 Å². The lowest BCUT2D eigenvalue weighted by molar-refractivity contribution is 0.717. The Morgan fingerprint density at radius 1 is 1.83 bits per heavy atom. The van der Waals surface area contributed by atoms with Gasteiger partial charge in [-0.3, -0.25) is 0 Å². The van der Waals surface area contributed by atoms with Crippen molar-refractivity contribution in [1.82, 2.24) is 0 Å². The van der Waals surface area contributed by atoms with Gasteiger partial charge in [0.25, 0.3) is 0 Å². The van der Waals surface area contributed by atoms with E-state index in [4.69, 9.17) is 4.91 Å². The fraction of sp³-hybridized carbons (Fsp3) is 0.333. The molecule has 0 aliphatic heterocycles. The molecule has 0 spiro atoms. The number of rotatable bonds is 2. The Balaban J connectivity index is 2.85. The van der Waals surface area contributed by atoms with Gasteiger partial charge < -0.3 is 0 Å². The molecule has 3 heteroatoms. The van der Waals surface area contributed by atoms with Crippen molar-refractivity contribution in [1.29, 1.82) is 0 Å². The number of hydrogen-bond donors (Lipinski definition) is 0. The Bertz CT molecular complexity index is 61.8. The molecular formula is C3H4FNO. The van der Waals surface area contributed by atoms with Gasteiger partial charge in [-0.2, -0.15) is 4.91 Å². The Morgan fingerprint density at radius 3 is 2.67 bits per heavy atom. The normalized spacial score (nSPS) is 9.50.